The predicted octanol–water partition coefficient (Wildman–Crippen LogP) is 1.44. The third kappa shape index (κ3) is 6.69. The van der Waals surface area contributed by atoms with Crippen molar-refractivity contribution in [2.75, 3.05) is 46.7 Å². The summed E-state index contributed by atoms with van der Waals surface area (Å²) >= 11 is 0. The molecule has 0 spiro atoms. The molecule has 32 heavy (non-hydrogen) atoms. The molecule has 0 heterocycles. The predicted molar refractivity (Wildman–Crippen MR) is 123 cm³/mol. The molecule has 9 nitrogen and oxygen atoms in total. The number of nitrogens with one attached hydrogen (secondary N) is 2. The molecule has 0 aliphatic rings. The van der Waals surface area contributed by atoms with Crippen LogP contribution in [0.2, 0.25) is 0 Å². The maximum atomic E-state index is 12.5. The van der Waals surface area contributed by atoms with Gasteiger partial charge in [-0.3, -0.25) is 9.59 Å². The SMILES string of the molecule is Cc1ccc(NCC(=O)NCc2ccccc2S(=O)(=O)N(C)C)c(OCC(=O)N(C)C)c1. The molecule has 0 aliphatic carbocycles. The van der Waals surface area contributed by atoms with Gasteiger partial charge in [-0.05, 0) is 36.2 Å². The summed E-state index contributed by atoms with van der Waals surface area (Å²) in [5, 5.41) is 5.73. The van der Waals surface area contributed by atoms with Crippen LogP contribution in [-0.2, 0) is 26.2 Å². The van der Waals surface area contributed by atoms with Crippen molar-refractivity contribution in [1.82, 2.24) is 14.5 Å². The number of likely N-dealkylation sites (N-methyl/N-ethyl adjacent to an activating group) is 1. The van der Waals surface area contributed by atoms with Crippen molar-refractivity contribution in [3.05, 3.63) is 53.6 Å². The van der Waals surface area contributed by atoms with Crippen LogP contribution in [0.25, 0.3) is 0 Å². The van der Waals surface area contributed by atoms with Gasteiger partial charge < -0.3 is 20.3 Å². The average Bonchev–Trinajstić information content (AvgIpc) is 2.75. The molecule has 0 saturated heterocycles. The van der Waals surface area contributed by atoms with Gasteiger partial charge in [0.1, 0.15) is 5.75 Å². The molecule has 0 atom stereocenters. The van der Waals surface area contributed by atoms with Crippen LogP contribution < -0.4 is 15.4 Å². The zero-order valence-corrected chi connectivity index (χ0v) is 19.8. The maximum Gasteiger partial charge on any atom is 0.259 e. The standard InChI is InChI=1S/C22H30N4O5S/c1-16-10-11-18(19(12-16)31-15-22(28)25(2)3)23-14-21(27)24-13-17-8-6-7-9-20(17)32(29,30)26(4)5/h6-12,23H,13-15H2,1-5H3,(H,24,27). The maximum absolute atomic E-state index is 12.5. The van der Waals surface area contributed by atoms with E-state index in [0.717, 1.165) is 9.87 Å². The Morgan fingerprint density at radius 1 is 1.03 bits per heavy atom. The summed E-state index contributed by atoms with van der Waals surface area (Å²) in [5.41, 5.74) is 2.02. The van der Waals surface area contributed by atoms with Crippen molar-refractivity contribution in [2.24, 2.45) is 0 Å². The monoisotopic (exact) mass is 462 g/mol. The van der Waals surface area contributed by atoms with Gasteiger partial charge in [-0.2, -0.15) is 0 Å². The minimum Gasteiger partial charge on any atom is -0.482 e. The van der Waals surface area contributed by atoms with E-state index in [9.17, 15) is 18.0 Å². The summed E-state index contributed by atoms with van der Waals surface area (Å²) < 4.78 is 31.7. The molecule has 0 fully saturated rings. The number of aryl methyl sites for hydroxylation is 1. The molecule has 2 aromatic carbocycles. The second-order valence-electron chi connectivity index (χ2n) is 7.60. The number of ether oxygens (including phenoxy) is 1. The number of carbonyl (C=O) groups is 2. The number of benzene rings is 2. The first-order valence-electron chi connectivity index (χ1n) is 9.97. The zero-order valence-electron chi connectivity index (χ0n) is 19.0. The molecule has 2 amide bonds. The number of amides is 2. The van der Waals surface area contributed by atoms with Gasteiger partial charge in [-0.25, -0.2) is 12.7 Å². The van der Waals surface area contributed by atoms with E-state index < -0.39 is 10.0 Å². The van der Waals surface area contributed by atoms with Crippen LogP contribution in [-0.4, -0.2) is 70.8 Å². The Kier molecular flexibility index (Phi) is 8.62. The lowest BCUT2D eigenvalue weighted by Crippen LogP contribution is -2.31. The first-order valence-corrected chi connectivity index (χ1v) is 11.4. The molecule has 2 aromatic rings. The molecule has 174 valence electrons. The molecule has 0 bridgehead atoms. The second kappa shape index (κ2) is 11.0. The van der Waals surface area contributed by atoms with E-state index in [1.165, 1.54) is 25.1 Å². The van der Waals surface area contributed by atoms with Gasteiger partial charge in [0.15, 0.2) is 6.61 Å². The third-order valence-corrected chi connectivity index (χ3v) is 6.55. The summed E-state index contributed by atoms with van der Waals surface area (Å²) in [5.74, 6) is -0.0325. The van der Waals surface area contributed by atoms with Gasteiger partial charge in [0, 0.05) is 34.7 Å². The van der Waals surface area contributed by atoms with Crippen LogP contribution >= 0.6 is 0 Å². The Bertz CT molecular complexity index is 1070. The summed E-state index contributed by atoms with van der Waals surface area (Å²) in [6, 6.07) is 12.0. The molecular formula is C22H30N4O5S. The molecule has 2 rings (SSSR count). The third-order valence-electron chi connectivity index (χ3n) is 4.63. The van der Waals surface area contributed by atoms with Crippen molar-refractivity contribution in [2.45, 2.75) is 18.4 Å². The fourth-order valence-corrected chi connectivity index (χ4v) is 3.81. The smallest absolute Gasteiger partial charge is 0.259 e. The fraction of sp³-hybridized carbons (Fsp3) is 0.364. The molecule has 0 aromatic heterocycles. The summed E-state index contributed by atoms with van der Waals surface area (Å²) in [6.45, 7) is 1.80. The number of nitrogens with zero attached hydrogens (tertiary/aromatic N) is 2. The highest BCUT2D eigenvalue weighted by Crippen LogP contribution is 2.25. The fourth-order valence-electron chi connectivity index (χ4n) is 2.69. The first kappa shape index (κ1) is 25.2. The Balaban J connectivity index is 2.01. The van der Waals surface area contributed by atoms with Crippen LogP contribution in [0.5, 0.6) is 5.75 Å². The van der Waals surface area contributed by atoms with Crippen molar-refractivity contribution in [3.63, 3.8) is 0 Å². The Labute approximate surface area is 189 Å². The van der Waals surface area contributed by atoms with Gasteiger partial charge >= 0.3 is 0 Å². The molecule has 0 unspecified atom stereocenters. The van der Waals surface area contributed by atoms with Crippen molar-refractivity contribution >= 4 is 27.5 Å². The lowest BCUT2D eigenvalue weighted by atomic mass is 10.2. The topological polar surface area (TPSA) is 108 Å². The Hall–Kier alpha value is -3.11. The van der Waals surface area contributed by atoms with Crippen molar-refractivity contribution in [3.8, 4) is 5.75 Å². The second-order valence-corrected chi connectivity index (χ2v) is 9.72. The highest BCUT2D eigenvalue weighted by molar-refractivity contribution is 7.89. The first-order chi connectivity index (χ1) is 15.0. The van der Waals surface area contributed by atoms with Crippen LogP contribution in [0.15, 0.2) is 47.4 Å². The Morgan fingerprint density at radius 2 is 1.72 bits per heavy atom. The summed E-state index contributed by atoms with van der Waals surface area (Å²) in [6.07, 6.45) is 0. The lowest BCUT2D eigenvalue weighted by molar-refractivity contribution is -0.130. The van der Waals surface area contributed by atoms with E-state index in [1.54, 1.807) is 44.4 Å². The summed E-state index contributed by atoms with van der Waals surface area (Å²) in [4.78, 5) is 25.8. The highest BCUT2D eigenvalue weighted by atomic mass is 32.2. The van der Waals surface area contributed by atoms with Crippen LogP contribution in [0.4, 0.5) is 5.69 Å². The van der Waals surface area contributed by atoms with Crippen molar-refractivity contribution < 1.29 is 22.7 Å². The van der Waals surface area contributed by atoms with E-state index in [1.807, 2.05) is 13.0 Å². The van der Waals surface area contributed by atoms with E-state index >= 15 is 0 Å². The number of carbonyl (C=O) groups excluding carboxylic acids is 2. The van der Waals surface area contributed by atoms with Gasteiger partial charge in [-0.15, -0.1) is 0 Å². The largest absolute Gasteiger partial charge is 0.482 e. The number of sulfonamides is 1. The highest BCUT2D eigenvalue weighted by Gasteiger charge is 2.20. The number of anilines is 1. The van der Waals surface area contributed by atoms with E-state index in [0.29, 0.717) is 17.0 Å². The van der Waals surface area contributed by atoms with Crippen LogP contribution in [0, 0.1) is 6.92 Å². The zero-order chi connectivity index (χ0) is 23.9. The van der Waals surface area contributed by atoms with Gasteiger partial charge in [-0.1, -0.05) is 24.3 Å². The van der Waals surface area contributed by atoms with Crippen LogP contribution in [0.3, 0.4) is 0 Å². The molecule has 2 N–H and O–H groups in total. The minimum atomic E-state index is -3.62. The quantitative estimate of drug-likeness (QED) is 0.553. The normalized spacial score (nSPS) is 11.2. The molecule has 0 radical (unpaired) electrons. The minimum absolute atomic E-state index is 0.0519. The molecular weight excluding hydrogens is 432 g/mol. The van der Waals surface area contributed by atoms with Gasteiger partial charge in [0.25, 0.3) is 5.91 Å². The number of rotatable bonds is 10. The Morgan fingerprint density at radius 3 is 2.38 bits per heavy atom. The number of hydrogen-bond acceptors (Lipinski definition) is 6. The molecule has 0 aliphatic heterocycles. The summed E-state index contributed by atoms with van der Waals surface area (Å²) in [7, 11) is 2.59. The van der Waals surface area contributed by atoms with Gasteiger partial charge in [0.2, 0.25) is 15.9 Å². The van der Waals surface area contributed by atoms with Crippen molar-refractivity contribution in [1.29, 1.82) is 0 Å². The van der Waals surface area contributed by atoms with E-state index in [2.05, 4.69) is 10.6 Å². The molecule has 10 heteroatoms. The average molecular weight is 463 g/mol. The number of hydrogen-bond donors (Lipinski definition) is 2. The van der Waals surface area contributed by atoms with Crippen LogP contribution in [0.1, 0.15) is 11.1 Å². The molecule has 0 saturated carbocycles. The lowest BCUT2D eigenvalue weighted by Gasteiger charge is -2.17. The van der Waals surface area contributed by atoms with E-state index in [-0.39, 0.29) is 36.4 Å². The van der Waals surface area contributed by atoms with E-state index in [4.69, 9.17) is 4.74 Å². The van der Waals surface area contributed by atoms with Gasteiger partial charge in [0.05, 0.1) is 17.1 Å².